The third-order valence-corrected chi connectivity index (χ3v) is 14.3. The molecule has 0 aliphatic carbocycles. The number of aryl methyl sites for hydroxylation is 16. The van der Waals surface area contributed by atoms with Crippen molar-refractivity contribution in [3.63, 3.8) is 0 Å². The molecule has 0 atom stereocenters. The molecule has 0 fully saturated rings. The summed E-state index contributed by atoms with van der Waals surface area (Å²) in [6.45, 7) is 50.7. The van der Waals surface area contributed by atoms with Crippen molar-refractivity contribution in [1.82, 2.24) is 98.6 Å². The number of rotatable bonds is 0. The molecule has 16 rings (SSSR count). The number of amidine groups is 1. The van der Waals surface area contributed by atoms with Crippen molar-refractivity contribution < 1.29 is 0 Å². The highest BCUT2D eigenvalue weighted by atomic mass is 15.6. The summed E-state index contributed by atoms with van der Waals surface area (Å²) >= 11 is 0. The summed E-state index contributed by atoms with van der Waals surface area (Å²) < 4.78 is 11.0. The largest absolute Gasteiger partial charge is 0.340 e. The summed E-state index contributed by atoms with van der Waals surface area (Å²) in [5, 5.41) is 45.6. The summed E-state index contributed by atoms with van der Waals surface area (Å²) in [7, 11) is 15.0. The van der Waals surface area contributed by atoms with Gasteiger partial charge in [0.25, 0.3) is 0 Å². The summed E-state index contributed by atoms with van der Waals surface area (Å²) in [5.74, 6) is 2.34. The maximum Gasteiger partial charge on any atom is 0.171 e. The molecular formula is C82H130N30. The molecule has 8 aliphatic heterocycles. The molecule has 16 heterocycles. The molecule has 112 heavy (non-hydrogen) atoms. The third kappa shape index (κ3) is 53.4. The van der Waals surface area contributed by atoms with Gasteiger partial charge in [-0.15, -0.1) is 20.4 Å². The van der Waals surface area contributed by atoms with Crippen molar-refractivity contribution in [2.75, 3.05) is 19.6 Å². The zero-order chi connectivity index (χ0) is 84.4. The fourth-order valence-electron chi connectivity index (χ4n) is 9.38. The number of aliphatic imine (C=N–C) groups is 8. The van der Waals surface area contributed by atoms with E-state index >= 15 is 0 Å². The van der Waals surface area contributed by atoms with Crippen molar-refractivity contribution in [1.29, 1.82) is 0 Å². The van der Waals surface area contributed by atoms with Gasteiger partial charge in [-0.25, -0.2) is 15.0 Å². The molecule has 608 valence electrons. The van der Waals surface area contributed by atoms with Crippen LogP contribution in [0.3, 0.4) is 0 Å². The van der Waals surface area contributed by atoms with Gasteiger partial charge in [-0.3, -0.25) is 53.7 Å². The fourth-order valence-corrected chi connectivity index (χ4v) is 9.38. The van der Waals surface area contributed by atoms with E-state index in [0.717, 1.165) is 120 Å². The van der Waals surface area contributed by atoms with E-state index in [-0.39, 0.29) is 0 Å². The minimum atomic E-state index is 0.711. The highest BCUT2D eigenvalue weighted by molar-refractivity contribution is 6.05. The van der Waals surface area contributed by atoms with Gasteiger partial charge in [0.1, 0.15) is 5.84 Å². The number of hydrogen-bond acceptors (Lipinski definition) is 22. The Bertz CT molecular complexity index is 3690. The molecule has 0 spiro atoms. The van der Waals surface area contributed by atoms with Gasteiger partial charge in [0.05, 0.1) is 81.6 Å². The second kappa shape index (κ2) is 55.0. The summed E-state index contributed by atoms with van der Waals surface area (Å²) in [5.41, 5.74) is 25.2. The Morgan fingerprint density at radius 2 is 0.732 bits per heavy atom. The monoisotopic (exact) mass is 1540 g/mol. The maximum atomic E-state index is 4.17. The lowest BCUT2D eigenvalue weighted by molar-refractivity contribution is 0.628. The van der Waals surface area contributed by atoms with Crippen molar-refractivity contribution in [3.8, 4) is 0 Å². The fraction of sp³-hybridized carbons (Fsp3) is 0.488. The molecule has 0 bridgehead atoms. The van der Waals surface area contributed by atoms with E-state index < -0.39 is 0 Å². The smallest absolute Gasteiger partial charge is 0.171 e. The molecule has 0 saturated heterocycles. The van der Waals surface area contributed by atoms with Crippen LogP contribution in [-0.2, 0) is 56.4 Å². The average Bonchev–Trinajstić information content (AvgIpc) is 3.88. The average molecular weight is 1540 g/mol. The van der Waals surface area contributed by atoms with Gasteiger partial charge >= 0.3 is 0 Å². The minimum Gasteiger partial charge on any atom is -0.340 e. The Morgan fingerprint density at radius 3 is 0.812 bits per heavy atom. The quantitative estimate of drug-likeness (QED) is 0.137. The van der Waals surface area contributed by atoms with Crippen LogP contribution in [-0.4, -0.2) is 176 Å². The van der Waals surface area contributed by atoms with Gasteiger partial charge in [-0.1, -0.05) is 23.3 Å². The SMILES string of the molecule is CC1=CC(C)=NC1.CC1=CC(C)=NC1.CC1=CCC(C)=N1.CC1=CCC(C)=N1.CC1=CN=C(C)C1.CC1=CN=C(C)C1.CC1=NC(C)=NC1.CC1=NN=C(C)C1.Cc1ccn(C)n1.Cc1ccn(C)n1.Cc1cn(C)cn1.Cc1cn(C)cn1.Cc1cnn(C)c1.Cc1cnn(C)c1.Cc1nnn(C)n1.Cc1nnn(C)n1. The number of allylic oxidation sites excluding steroid dienone is 8. The van der Waals surface area contributed by atoms with E-state index in [9.17, 15) is 0 Å². The molecule has 8 aromatic rings. The summed E-state index contributed by atoms with van der Waals surface area (Å²) in [4.78, 5) is 43.7. The zero-order valence-electron chi connectivity index (χ0n) is 73.5. The van der Waals surface area contributed by atoms with Crippen LogP contribution in [0, 0.1) is 55.4 Å². The van der Waals surface area contributed by atoms with Crippen molar-refractivity contribution in [2.24, 2.45) is 107 Å². The van der Waals surface area contributed by atoms with E-state index in [2.05, 4.69) is 163 Å². The molecule has 30 nitrogen and oxygen atoms in total. The van der Waals surface area contributed by atoms with Crippen molar-refractivity contribution in [3.05, 3.63) is 190 Å². The van der Waals surface area contributed by atoms with Gasteiger partial charge in [0.2, 0.25) is 0 Å². The molecule has 0 N–H and O–H groups in total. The lowest BCUT2D eigenvalue weighted by atomic mass is 10.2. The van der Waals surface area contributed by atoms with E-state index in [1.54, 1.807) is 59.3 Å². The Morgan fingerprint density at radius 1 is 0.348 bits per heavy atom. The van der Waals surface area contributed by atoms with Crippen LogP contribution < -0.4 is 0 Å². The highest BCUT2D eigenvalue weighted by Crippen LogP contribution is 2.11. The first-order valence-corrected chi connectivity index (χ1v) is 37.0. The van der Waals surface area contributed by atoms with Gasteiger partial charge in [0.15, 0.2) is 11.6 Å². The van der Waals surface area contributed by atoms with Gasteiger partial charge < -0.3 is 9.13 Å². The van der Waals surface area contributed by atoms with E-state index in [1.165, 1.54) is 65.9 Å². The standard InChI is InChI=1S/6C6H9N.8C5H8N2.2C3H6N4/c4*1-5-3-6(2)7-4-5;2*1-5-3-4-6(2)7-5;2*1-5-3-7(2)4-6-5;2*1-5-3-6-7(2)4-5;2*1-5-3-4-7(2)6-5;1-4-3-6-5(2)7-4;1-4-3-5(2)7-6-4;2*1-3-4-6-7(2)5-3/h2*4H,3H2,1-2H3;4*3H,4H2,1-2H3;6*3-4H,1-2H3;2*3H2,1-2H3;2*1-2H3. The number of imidazole rings is 2. The van der Waals surface area contributed by atoms with Crippen molar-refractivity contribution in [2.45, 2.75) is 198 Å². The number of tetrazole rings is 2. The van der Waals surface area contributed by atoms with Gasteiger partial charge in [0, 0.05) is 187 Å². The maximum absolute atomic E-state index is 4.17. The second-order valence-corrected chi connectivity index (χ2v) is 27.9. The van der Waals surface area contributed by atoms with Crippen molar-refractivity contribution >= 4 is 57.2 Å². The molecule has 0 aromatic carbocycles. The second-order valence-electron chi connectivity index (χ2n) is 27.9. The van der Waals surface area contributed by atoms with E-state index in [0.29, 0.717) is 11.6 Å². The molecule has 30 heteroatoms. The first-order chi connectivity index (χ1) is 52.6. The van der Waals surface area contributed by atoms with E-state index in [1.807, 2.05) is 250 Å². The number of aromatic nitrogens is 20. The summed E-state index contributed by atoms with van der Waals surface area (Å²) in [6.07, 6.45) is 36.6. The lowest BCUT2D eigenvalue weighted by Crippen LogP contribution is -1.91. The van der Waals surface area contributed by atoms with Crippen LogP contribution in [0.15, 0.2) is 195 Å². The number of nitrogens with zero attached hydrogens (tertiary/aromatic N) is 30. The Kier molecular flexibility index (Phi) is 48.4. The normalized spacial score (nSPS) is 14.3. The molecule has 8 aromatic heterocycles. The van der Waals surface area contributed by atoms with Crippen LogP contribution in [0.25, 0.3) is 0 Å². The molecule has 0 amide bonds. The Hall–Kier alpha value is -11.5. The van der Waals surface area contributed by atoms with Gasteiger partial charge in [-0.05, 0) is 223 Å². The predicted octanol–water partition coefficient (Wildman–Crippen LogP) is 15.3. The Labute approximate surface area is 667 Å². The lowest BCUT2D eigenvalue weighted by Gasteiger charge is -1.84. The molecule has 0 radical (unpaired) electrons. The van der Waals surface area contributed by atoms with Crippen LogP contribution in [0.2, 0.25) is 0 Å². The first-order valence-electron chi connectivity index (χ1n) is 37.0. The minimum absolute atomic E-state index is 0.711. The van der Waals surface area contributed by atoms with E-state index in [4.69, 9.17) is 0 Å². The van der Waals surface area contributed by atoms with Gasteiger partial charge in [-0.2, -0.15) is 40.2 Å². The first kappa shape index (κ1) is 98.5. The topological polar surface area (TPSA) is 318 Å². The molecule has 8 aliphatic rings. The van der Waals surface area contributed by atoms with Crippen LogP contribution in [0.5, 0.6) is 0 Å². The predicted molar refractivity (Wildman–Crippen MR) is 466 cm³/mol. The Balaban J connectivity index is 0.000000597. The molecular weight excluding hydrogens is 1410 g/mol. The van der Waals surface area contributed by atoms with Crippen LogP contribution >= 0.6 is 0 Å². The highest BCUT2D eigenvalue weighted by Gasteiger charge is 2.03. The van der Waals surface area contributed by atoms with Crippen LogP contribution in [0.4, 0.5) is 0 Å². The summed E-state index contributed by atoms with van der Waals surface area (Å²) in [6, 6.07) is 3.94. The number of hydrogen-bond donors (Lipinski definition) is 0. The molecule has 0 unspecified atom stereocenters. The molecule has 0 saturated carbocycles. The zero-order valence-corrected chi connectivity index (χ0v) is 73.5. The third-order valence-electron chi connectivity index (χ3n) is 14.3. The van der Waals surface area contributed by atoms with Crippen LogP contribution in [0.1, 0.15) is 188 Å².